The van der Waals surface area contributed by atoms with E-state index < -0.39 is 0 Å². The lowest BCUT2D eigenvalue weighted by atomic mass is 10.2. The molecule has 0 aliphatic rings. The van der Waals surface area contributed by atoms with Gasteiger partial charge >= 0.3 is 0 Å². The fourth-order valence-electron chi connectivity index (χ4n) is 1.27. The second-order valence-corrected chi connectivity index (χ2v) is 3.14. The van der Waals surface area contributed by atoms with E-state index in [0.717, 1.165) is 11.3 Å². The van der Waals surface area contributed by atoms with Crippen molar-refractivity contribution in [2.75, 3.05) is 0 Å². The number of nitrogens with zero attached hydrogens (tertiary/aromatic N) is 1. The molecule has 0 aromatic carbocycles. The van der Waals surface area contributed by atoms with Gasteiger partial charge in [0.1, 0.15) is 18.1 Å². The minimum atomic E-state index is -0.0776. The number of hydrogen-bond acceptors (Lipinski definition) is 3. The Kier molecular flexibility index (Phi) is 2.33. The third-order valence-corrected chi connectivity index (χ3v) is 1.99. The van der Waals surface area contributed by atoms with Crippen molar-refractivity contribution in [1.29, 1.82) is 0 Å². The number of aryl methyl sites for hydroxylation is 1. The van der Waals surface area contributed by atoms with Crippen molar-refractivity contribution in [2.45, 2.75) is 13.5 Å². The monoisotopic (exact) mass is 189 g/mol. The Hall–Kier alpha value is -1.61. The topological polar surface area (TPSA) is 46.3 Å². The first-order valence-corrected chi connectivity index (χ1v) is 4.42. The van der Waals surface area contributed by atoms with Crippen LogP contribution < -0.4 is 0 Å². The van der Waals surface area contributed by atoms with Gasteiger partial charge in [0.25, 0.3) is 0 Å². The van der Waals surface area contributed by atoms with Gasteiger partial charge in [-0.3, -0.25) is 4.98 Å². The van der Waals surface area contributed by atoms with Gasteiger partial charge < -0.3 is 9.52 Å². The molecule has 2 aromatic rings. The summed E-state index contributed by atoms with van der Waals surface area (Å²) in [6.07, 6.45) is 1.74. The van der Waals surface area contributed by atoms with Gasteiger partial charge in [0.05, 0.1) is 0 Å². The van der Waals surface area contributed by atoms with E-state index in [9.17, 15) is 0 Å². The van der Waals surface area contributed by atoms with Crippen LogP contribution in [0.3, 0.4) is 0 Å². The zero-order valence-electron chi connectivity index (χ0n) is 7.90. The molecule has 0 aliphatic carbocycles. The zero-order chi connectivity index (χ0) is 9.97. The smallest absolute Gasteiger partial charge is 0.152 e. The normalized spacial score (nSPS) is 10.4. The van der Waals surface area contributed by atoms with Crippen LogP contribution in [0.1, 0.15) is 11.3 Å². The van der Waals surface area contributed by atoms with E-state index in [1.807, 2.05) is 25.1 Å². The summed E-state index contributed by atoms with van der Waals surface area (Å²) in [7, 11) is 0. The van der Waals surface area contributed by atoms with Crippen LogP contribution in [0.25, 0.3) is 11.5 Å². The van der Waals surface area contributed by atoms with E-state index in [0.29, 0.717) is 11.5 Å². The third-order valence-electron chi connectivity index (χ3n) is 1.99. The first-order chi connectivity index (χ1) is 6.79. The van der Waals surface area contributed by atoms with Crippen LogP contribution in [0.15, 0.2) is 34.9 Å². The SMILES string of the molecule is Cc1ccnc(-c2ccc(CO)o2)c1. The summed E-state index contributed by atoms with van der Waals surface area (Å²) in [5.74, 6) is 1.25. The summed E-state index contributed by atoms with van der Waals surface area (Å²) in [5, 5.41) is 8.84. The Balaban J connectivity index is 2.39. The molecule has 0 amide bonds. The van der Waals surface area contributed by atoms with E-state index in [4.69, 9.17) is 9.52 Å². The van der Waals surface area contributed by atoms with Gasteiger partial charge in [-0.25, -0.2) is 0 Å². The molecule has 2 rings (SSSR count). The highest BCUT2D eigenvalue weighted by molar-refractivity contribution is 5.52. The van der Waals surface area contributed by atoms with Crippen LogP contribution in [0.2, 0.25) is 0 Å². The van der Waals surface area contributed by atoms with Gasteiger partial charge in [0.2, 0.25) is 0 Å². The Morgan fingerprint density at radius 2 is 2.21 bits per heavy atom. The fraction of sp³-hybridized carbons (Fsp3) is 0.182. The van der Waals surface area contributed by atoms with E-state index in [1.54, 1.807) is 12.3 Å². The summed E-state index contributed by atoms with van der Waals surface area (Å²) in [6, 6.07) is 7.44. The van der Waals surface area contributed by atoms with Crippen molar-refractivity contribution in [3.05, 3.63) is 41.8 Å². The predicted molar refractivity (Wildman–Crippen MR) is 52.6 cm³/mol. The van der Waals surface area contributed by atoms with Crippen LogP contribution >= 0.6 is 0 Å². The second-order valence-electron chi connectivity index (χ2n) is 3.14. The van der Waals surface area contributed by atoms with E-state index in [-0.39, 0.29) is 6.61 Å². The summed E-state index contributed by atoms with van der Waals surface area (Å²) in [5.41, 5.74) is 1.93. The van der Waals surface area contributed by atoms with Crippen LogP contribution in [-0.2, 0) is 6.61 Å². The minimum Gasteiger partial charge on any atom is -0.457 e. The van der Waals surface area contributed by atoms with Crippen molar-refractivity contribution >= 4 is 0 Å². The second kappa shape index (κ2) is 3.64. The molecule has 0 radical (unpaired) electrons. The van der Waals surface area contributed by atoms with Gasteiger partial charge in [0, 0.05) is 6.20 Å². The molecule has 0 bridgehead atoms. The van der Waals surface area contributed by atoms with Gasteiger partial charge in [-0.05, 0) is 36.8 Å². The zero-order valence-corrected chi connectivity index (χ0v) is 7.90. The lowest BCUT2D eigenvalue weighted by Crippen LogP contribution is -1.81. The molecule has 0 unspecified atom stereocenters. The van der Waals surface area contributed by atoms with E-state index >= 15 is 0 Å². The summed E-state index contributed by atoms with van der Waals surface area (Å²) in [6.45, 7) is 1.92. The van der Waals surface area contributed by atoms with Crippen molar-refractivity contribution < 1.29 is 9.52 Å². The van der Waals surface area contributed by atoms with E-state index in [1.165, 1.54) is 0 Å². The average molecular weight is 189 g/mol. The van der Waals surface area contributed by atoms with Gasteiger partial charge in [-0.2, -0.15) is 0 Å². The largest absolute Gasteiger partial charge is 0.457 e. The number of rotatable bonds is 2. The molecule has 0 spiro atoms. The number of hydrogen-bond donors (Lipinski definition) is 1. The Bertz CT molecular complexity index is 434. The van der Waals surface area contributed by atoms with Crippen molar-refractivity contribution in [1.82, 2.24) is 4.98 Å². The number of aliphatic hydroxyl groups is 1. The quantitative estimate of drug-likeness (QED) is 0.787. The molecular formula is C11H11NO2. The summed E-state index contributed by atoms with van der Waals surface area (Å²) in [4.78, 5) is 4.18. The molecule has 14 heavy (non-hydrogen) atoms. The third kappa shape index (κ3) is 1.67. The van der Waals surface area contributed by atoms with Gasteiger partial charge in [-0.1, -0.05) is 0 Å². The van der Waals surface area contributed by atoms with Gasteiger partial charge in [0.15, 0.2) is 5.76 Å². The molecule has 2 aromatic heterocycles. The first kappa shape index (κ1) is 8.97. The lowest BCUT2D eigenvalue weighted by molar-refractivity contribution is 0.248. The van der Waals surface area contributed by atoms with Crippen LogP contribution in [-0.4, -0.2) is 10.1 Å². The van der Waals surface area contributed by atoms with Crippen molar-refractivity contribution in [3.8, 4) is 11.5 Å². The minimum absolute atomic E-state index is 0.0776. The highest BCUT2D eigenvalue weighted by Crippen LogP contribution is 2.20. The molecule has 3 nitrogen and oxygen atoms in total. The standard InChI is InChI=1S/C11H11NO2/c1-8-4-5-12-10(6-8)11-3-2-9(7-13)14-11/h2-6,13H,7H2,1H3. The highest BCUT2D eigenvalue weighted by atomic mass is 16.4. The van der Waals surface area contributed by atoms with Crippen LogP contribution in [0.5, 0.6) is 0 Å². The molecule has 0 aliphatic heterocycles. The summed E-state index contributed by atoms with van der Waals surface area (Å²) < 4.78 is 5.36. The van der Waals surface area contributed by atoms with Crippen LogP contribution in [0.4, 0.5) is 0 Å². The lowest BCUT2D eigenvalue weighted by Gasteiger charge is -1.96. The van der Waals surface area contributed by atoms with E-state index in [2.05, 4.69) is 4.98 Å². The molecule has 0 fully saturated rings. The van der Waals surface area contributed by atoms with Crippen molar-refractivity contribution in [2.24, 2.45) is 0 Å². The molecular weight excluding hydrogens is 178 g/mol. The summed E-state index contributed by atoms with van der Waals surface area (Å²) >= 11 is 0. The average Bonchev–Trinajstić information content (AvgIpc) is 2.66. The molecule has 72 valence electrons. The highest BCUT2D eigenvalue weighted by Gasteiger charge is 2.04. The molecule has 0 saturated carbocycles. The maximum atomic E-state index is 8.84. The molecule has 0 saturated heterocycles. The van der Waals surface area contributed by atoms with Crippen LogP contribution in [0, 0.1) is 6.92 Å². The maximum absolute atomic E-state index is 8.84. The first-order valence-electron chi connectivity index (χ1n) is 4.42. The van der Waals surface area contributed by atoms with Gasteiger partial charge in [-0.15, -0.1) is 0 Å². The number of furan rings is 1. The predicted octanol–water partition coefficient (Wildman–Crippen LogP) is 2.14. The Morgan fingerprint density at radius 1 is 1.36 bits per heavy atom. The molecule has 3 heteroatoms. The Morgan fingerprint density at radius 3 is 2.86 bits per heavy atom. The fourth-order valence-corrected chi connectivity index (χ4v) is 1.27. The molecule has 0 atom stereocenters. The maximum Gasteiger partial charge on any atom is 0.152 e. The number of aliphatic hydroxyl groups excluding tert-OH is 1. The Labute approximate surface area is 82.0 Å². The number of aromatic nitrogens is 1. The molecule has 2 heterocycles. The van der Waals surface area contributed by atoms with Crippen molar-refractivity contribution in [3.63, 3.8) is 0 Å². The molecule has 1 N–H and O–H groups in total. The number of pyridine rings is 1.